The molecule has 2 aromatic rings. The highest BCUT2D eigenvalue weighted by Crippen LogP contribution is 2.57. The van der Waals surface area contributed by atoms with Crippen LogP contribution in [0, 0.1) is 0 Å². The number of rotatable bonds is 15. The lowest BCUT2D eigenvalue weighted by Crippen LogP contribution is -2.69. The molecule has 5 atom stereocenters. The second-order valence-corrected chi connectivity index (χ2v) is 18.5. The highest BCUT2D eigenvalue weighted by molar-refractivity contribution is 7.54. The fraction of sp³-hybridized carbons (Fsp3) is 0.500. The fourth-order valence-corrected chi connectivity index (χ4v) is 12.6. The van der Waals surface area contributed by atoms with Crippen LogP contribution >= 0.6 is 7.60 Å². The summed E-state index contributed by atoms with van der Waals surface area (Å²) in [5, 5.41) is 1.38. The van der Waals surface area contributed by atoms with E-state index in [0.29, 0.717) is 0 Å². The van der Waals surface area contributed by atoms with E-state index in [4.69, 9.17) is 27.7 Å². The number of methoxy groups -OCH3 is 1. The monoisotopic (exact) mass is 689 g/mol. The van der Waals surface area contributed by atoms with E-state index in [0.717, 1.165) is 10.4 Å². The lowest BCUT2D eigenvalue weighted by atomic mass is 10.1. The first-order valence-electron chi connectivity index (χ1n) is 15.7. The summed E-state index contributed by atoms with van der Waals surface area (Å²) < 4.78 is 51.8. The van der Waals surface area contributed by atoms with Gasteiger partial charge >= 0.3 is 13.6 Å². The zero-order chi connectivity index (χ0) is 35.0. The van der Waals surface area contributed by atoms with Gasteiger partial charge in [0.2, 0.25) is 11.8 Å². The van der Waals surface area contributed by atoms with Gasteiger partial charge < -0.3 is 27.7 Å². The summed E-state index contributed by atoms with van der Waals surface area (Å²) in [5.41, 5.74) is 0. The smallest absolute Gasteiger partial charge is 0.373 e. The normalized spacial score (nSPS) is 21.0. The number of esters is 1. The zero-order valence-electron chi connectivity index (χ0n) is 28.7. The number of ether oxygens (including phenoxy) is 3. The van der Waals surface area contributed by atoms with Gasteiger partial charge in [-0.1, -0.05) is 81.4 Å². The Hall–Kier alpha value is -2.96. The number of carbonyl (C=O) groups is 3. The molecule has 0 aromatic heterocycles. The van der Waals surface area contributed by atoms with Gasteiger partial charge in [0.05, 0.1) is 13.2 Å². The van der Waals surface area contributed by atoms with E-state index in [1.54, 1.807) is 13.8 Å². The average molecular weight is 690 g/mol. The Kier molecular flexibility index (Phi) is 13.5. The second kappa shape index (κ2) is 16.4. The largest absolute Gasteiger partial charge is 0.447 e. The first kappa shape index (κ1) is 38.5. The molecule has 0 saturated carbocycles. The molecule has 1 heterocycles. The quantitative estimate of drug-likeness (QED) is 0.112. The number of amides is 1. The highest BCUT2D eigenvalue weighted by atomic mass is 31.2. The zero-order valence-corrected chi connectivity index (χ0v) is 30.6. The van der Waals surface area contributed by atoms with Crippen molar-refractivity contribution in [1.82, 2.24) is 4.90 Å². The molecular weight excluding hydrogens is 641 g/mol. The van der Waals surface area contributed by atoms with Crippen molar-refractivity contribution < 1.29 is 46.6 Å². The van der Waals surface area contributed by atoms with Crippen molar-refractivity contribution in [3.8, 4) is 0 Å². The van der Waals surface area contributed by atoms with Crippen molar-refractivity contribution in [3.05, 3.63) is 72.9 Å². The Labute approximate surface area is 279 Å². The number of nitrogens with zero attached hydrogens (tertiary/aromatic N) is 1. The SMILES string of the molecule is CCOP(=O)(OCC)C(OC(C)=O)[C@H]1O[C@@H](N(/C=C\C(C)=O)C(C)=O)[C@H](OC)[C@@H]1O[Si](c1ccccc1)(c1ccccc1)C(C)(C)C. The molecule has 1 aliphatic heterocycles. The molecule has 258 valence electrons. The van der Waals surface area contributed by atoms with Crippen molar-refractivity contribution in [2.24, 2.45) is 0 Å². The van der Waals surface area contributed by atoms with Crippen molar-refractivity contribution in [2.45, 2.75) is 90.8 Å². The Morgan fingerprint density at radius 1 is 0.915 bits per heavy atom. The van der Waals surface area contributed by atoms with Crippen LogP contribution in [0.25, 0.3) is 0 Å². The molecule has 0 spiro atoms. The number of hydrogen-bond donors (Lipinski definition) is 0. The molecule has 1 aliphatic rings. The average Bonchev–Trinajstić information content (AvgIpc) is 3.35. The molecule has 1 unspecified atom stereocenters. The minimum atomic E-state index is -4.23. The lowest BCUT2D eigenvalue weighted by molar-refractivity contribution is -0.158. The standard InChI is InChI=1S/C34H48NO10PSi/c1-10-41-46(39,42-11-2)33(43-26(5)38)31-29(30(40-9)32(44-31)35(25(4)37)23-22-24(3)36)45-47(34(6,7)8,27-18-14-12-15-19-27)28-20-16-13-17-21-28/h12-23,29-33H,10-11H2,1-9H3/b23-22-/t29-,30+,31-,32+,33?/m0/s1. The Balaban J connectivity index is 2.40. The third kappa shape index (κ3) is 8.56. The minimum Gasteiger partial charge on any atom is -0.447 e. The molecule has 0 N–H and O–H groups in total. The molecule has 0 radical (unpaired) electrons. The maximum absolute atomic E-state index is 14.5. The third-order valence-corrected chi connectivity index (χ3v) is 15.1. The molecule has 0 aliphatic carbocycles. The lowest BCUT2D eigenvalue weighted by Gasteiger charge is -2.46. The van der Waals surface area contributed by atoms with E-state index in [9.17, 15) is 18.9 Å². The van der Waals surface area contributed by atoms with Gasteiger partial charge in [-0.2, -0.15) is 0 Å². The summed E-state index contributed by atoms with van der Waals surface area (Å²) in [6.45, 7) is 13.4. The maximum atomic E-state index is 14.5. The number of ketones is 1. The first-order valence-corrected chi connectivity index (χ1v) is 19.2. The second-order valence-electron chi connectivity index (χ2n) is 12.2. The summed E-state index contributed by atoms with van der Waals surface area (Å²) >= 11 is 0. The van der Waals surface area contributed by atoms with Crippen LogP contribution < -0.4 is 10.4 Å². The van der Waals surface area contributed by atoms with E-state index >= 15 is 0 Å². The van der Waals surface area contributed by atoms with Crippen LogP contribution in [0.4, 0.5) is 0 Å². The van der Waals surface area contributed by atoms with E-state index < -0.39 is 63.2 Å². The van der Waals surface area contributed by atoms with Gasteiger partial charge in [-0.3, -0.25) is 23.8 Å². The first-order chi connectivity index (χ1) is 22.2. The topological polar surface area (TPSA) is 127 Å². The highest BCUT2D eigenvalue weighted by Gasteiger charge is 2.62. The van der Waals surface area contributed by atoms with Gasteiger partial charge in [0, 0.05) is 27.2 Å². The molecule has 47 heavy (non-hydrogen) atoms. The van der Waals surface area contributed by atoms with E-state index in [1.807, 2.05) is 60.7 Å². The van der Waals surface area contributed by atoms with Gasteiger partial charge in [-0.05, 0) is 42.3 Å². The van der Waals surface area contributed by atoms with Crippen LogP contribution in [0.3, 0.4) is 0 Å². The van der Waals surface area contributed by atoms with Gasteiger partial charge in [-0.25, -0.2) is 0 Å². The van der Waals surface area contributed by atoms with Crippen molar-refractivity contribution in [3.63, 3.8) is 0 Å². The van der Waals surface area contributed by atoms with E-state index in [1.165, 1.54) is 45.1 Å². The van der Waals surface area contributed by atoms with Crippen LogP contribution in [0.2, 0.25) is 5.04 Å². The minimum absolute atomic E-state index is 0.0138. The van der Waals surface area contributed by atoms with Gasteiger partial charge in [0.1, 0.15) is 18.3 Å². The Morgan fingerprint density at radius 2 is 1.43 bits per heavy atom. The molecule has 11 nitrogen and oxygen atoms in total. The molecule has 1 saturated heterocycles. The van der Waals surface area contributed by atoms with E-state index in [-0.39, 0.29) is 19.0 Å². The van der Waals surface area contributed by atoms with Crippen molar-refractivity contribution >= 4 is 43.9 Å². The predicted octanol–water partition coefficient (Wildman–Crippen LogP) is 4.78. The van der Waals surface area contributed by atoms with Crippen molar-refractivity contribution in [1.29, 1.82) is 0 Å². The summed E-state index contributed by atoms with van der Waals surface area (Å²) in [6, 6.07) is 19.7. The fourth-order valence-electron chi connectivity index (χ4n) is 5.98. The van der Waals surface area contributed by atoms with Gasteiger partial charge in [-0.15, -0.1) is 0 Å². The van der Waals surface area contributed by atoms with E-state index in [2.05, 4.69) is 20.8 Å². The van der Waals surface area contributed by atoms with Gasteiger partial charge in [0.15, 0.2) is 12.0 Å². The molecule has 1 fully saturated rings. The Bertz CT molecular complexity index is 1380. The summed E-state index contributed by atoms with van der Waals surface area (Å²) in [7, 11) is -6.16. The van der Waals surface area contributed by atoms with Crippen molar-refractivity contribution in [2.75, 3.05) is 20.3 Å². The molecule has 3 rings (SSSR count). The summed E-state index contributed by atoms with van der Waals surface area (Å²) in [4.78, 5) is 38.8. The number of allylic oxidation sites excluding steroid dienone is 1. The number of hydrogen-bond acceptors (Lipinski definition) is 10. The van der Waals surface area contributed by atoms with Crippen LogP contribution in [0.1, 0.15) is 55.4 Å². The summed E-state index contributed by atoms with van der Waals surface area (Å²) in [5.74, 6) is -3.10. The number of benzene rings is 2. The van der Waals surface area contributed by atoms with Crippen LogP contribution in [-0.2, 0) is 46.6 Å². The molecule has 13 heteroatoms. The van der Waals surface area contributed by atoms with Crippen LogP contribution in [0.5, 0.6) is 0 Å². The molecule has 0 bridgehead atoms. The number of carbonyl (C=O) groups excluding carboxylic acids is 3. The predicted molar refractivity (Wildman–Crippen MR) is 181 cm³/mol. The van der Waals surface area contributed by atoms with Crippen LogP contribution in [0.15, 0.2) is 72.9 Å². The molecular formula is C34H48NO10PSi. The third-order valence-electron chi connectivity index (χ3n) is 7.83. The molecule has 1 amide bonds. The maximum Gasteiger partial charge on any atom is 0.373 e. The van der Waals surface area contributed by atoms with Gasteiger partial charge in [0.25, 0.3) is 8.32 Å². The summed E-state index contributed by atoms with van der Waals surface area (Å²) in [6.07, 6.45) is -2.06. The van der Waals surface area contributed by atoms with Crippen LogP contribution in [-0.4, -0.2) is 81.6 Å². The molecule has 2 aromatic carbocycles. The Morgan fingerprint density at radius 3 is 1.81 bits per heavy atom.